The van der Waals surface area contributed by atoms with Gasteiger partial charge in [0.05, 0.1) is 11.9 Å². The molecule has 0 atom stereocenters. The summed E-state index contributed by atoms with van der Waals surface area (Å²) in [5, 5.41) is 10.1. The third-order valence-electron chi connectivity index (χ3n) is 3.39. The average Bonchev–Trinajstić information content (AvgIpc) is 3.02. The Hall–Kier alpha value is -2.07. The molecule has 3 rings (SSSR count). The number of aromatic amines is 1. The zero-order valence-electron chi connectivity index (χ0n) is 10.9. The van der Waals surface area contributed by atoms with E-state index in [4.69, 9.17) is 5.11 Å². The zero-order valence-corrected chi connectivity index (χ0v) is 10.9. The van der Waals surface area contributed by atoms with E-state index in [0.717, 1.165) is 24.4 Å². The number of benzene rings is 1. The lowest BCUT2D eigenvalue weighted by atomic mass is 10.1. The van der Waals surface area contributed by atoms with E-state index in [1.807, 2.05) is 12.3 Å². The van der Waals surface area contributed by atoms with Crippen LogP contribution in [0, 0.1) is 0 Å². The Kier molecular flexibility index (Phi) is 3.09. The molecule has 2 aromatic heterocycles. The summed E-state index contributed by atoms with van der Waals surface area (Å²) in [6, 6.07) is 8.33. The fraction of sp³-hybridized carbons (Fsp3) is 0.267. The lowest BCUT2D eigenvalue weighted by molar-refractivity contribution is 0.287. The van der Waals surface area contributed by atoms with Crippen LogP contribution in [-0.4, -0.2) is 26.2 Å². The number of aliphatic hydroxyl groups excluding tert-OH is 1. The zero-order chi connectivity index (χ0) is 13.2. The minimum atomic E-state index is 0.199. The summed E-state index contributed by atoms with van der Waals surface area (Å²) in [6.45, 7) is 0.199. The van der Waals surface area contributed by atoms with Crippen LogP contribution in [0.2, 0.25) is 0 Å². The Morgan fingerprint density at radius 3 is 3.00 bits per heavy atom. The molecular weight excluding hydrogens is 238 g/mol. The van der Waals surface area contributed by atoms with Crippen molar-refractivity contribution in [2.75, 3.05) is 6.61 Å². The molecule has 0 saturated carbocycles. The summed E-state index contributed by atoms with van der Waals surface area (Å²) < 4.78 is 2.12. The van der Waals surface area contributed by atoms with E-state index < -0.39 is 0 Å². The molecule has 0 aliphatic carbocycles. The minimum Gasteiger partial charge on any atom is -0.396 e. The van der Waals surface area contributed by atoms with Gasteiger partial charge in [0, 0.05) is 42.7 Å². The van der Waals surface area contributed by atoms with Gasteiger partial charge in [-0.2, -0.15) is 0 Å². The maximum absolute atomic E-state index is 8.85. The molecule has 0 aliphatic heterocycles. The molecule has 2 heterocycles. The van der Waals surface area contributed by atoms with Gasteiger partial charge in [-0.15, -0.1) is 0 Å². The van der Waals surface area contributed by atoms with E-state index in [2.05, 4.69) is 46.0 Å². The second-order valence-corrected chi connectivity index (χ2v) is 4.74. The Bertz CT molecular complexity index is 696. The van der Waals surface area contributed by atoms with E-state index in [1.54, 1.807) is 0 Å². The Morgan fingerprint density at radius 1 is 1.32 bits per heavy atom. The highest BCUT2D eigenvalue weighted by molar-refractivity contribution is 5.95. The van der Waals surface area contributed by atoms with Gasteiger partial charge >= 0.3 is 0 Å². The Morgan fingerprint density at radius 2 is 2.16 bits per heavy atom. The van der Waals surface area contributed by atoms with E-state index in [0.29, 0.717) is 0 Å². The predicted molar refractivity (Wildman–Crippen MR) is 75.9 cm³/mol. The number of H-pyrrole nitrogens is 1. The van der Waals surface area contributed by atoms with Crippen molar-refractivity contribution in [3.8, 4) is 11.3 Å². The highest BCUT2D eigenvalue weighted by Gasteiger charge is 2.10. The third kappa shape index (κ3) is 2.15. The quantitative estimate of drug-likeness (QED) is 0.752. The molecule has 0 bridgehead atoms. The van der Waals surface area contributed by atoms with Gasteiger partial charge in [0.25, 0.3) is 0 Å². The fourth-order valence-corrected chi connectivity index (χ4v) is 2.43. The molecular formula is C15H17N3O. The molecule has 0 radical (unpaired) electrons. The van der Waals surface area contributed by atoms with Crippen LogP contribution in [0.25, 0.3) is 22.2 Å². The molecule has 1 aromatic carbocycles. The highest BCUT2D eigenvalue weighted by Crippen LogP contribution is 2.28. The number of aromatic nitrogens is 3. The van der Waals surface area contributed by atoms with Gasteiger partial charge in [-0.25, -0.2) is 4.98 Å². The molecule has 0 aliphatic rings. The monoisotopic (exact) mass is 255 g/mol. The van der Waals surface area contributed by atoms with Gasteiger partial charge in [-0.05, 0) is 12.5 Å². The van der Waals surface area contributed by atoms with Crippen LogP contribution in [0.4, 0.5) is 0 Å². The largest absolute Gasteiger partial charge is 0.396 e. The number of aliphatic hydroxyl groups is 1. The van der Waals surface area contributed by atoms with Crippen LogP contribution >= 0.6 is 0 Å². The van der Waals surface area contributed by atoms with Crippen molar-refractivity contribution in [1.29, 1.82) is 0 Å². The summed E-state index contributed by atoms with van der Waals surface area (Å²) in [6.07, 6.45) is 5.51. The summed E-state index contributed by atoms with van der Waals surface area (Å²) in [5.41, 5.74) is 3.41. The Labute approximate surface area is 111 Å². The number of rotatable bonds is 4. The summed E-state index contributed by atoms with van der Waals surface area (Å²) in [5.74, 6) is 0.928. The van der Waals surface area contributed by atoms with E-state index in [9.17, 15) is 0 Å². The predicted octanol–water partition coefficient (Wildman–Crippen LogP) is 2.49. The number of hydrogen-bond donors (Lipinski definition) is 2. The number of imidazole rings is 1. The van der Waals surface area contributed by atoms with Gasteiger partial charge < -0.3 is 14.7 Å². The number of hydrogen-bond acceptors (Lipinski definition) is 2. The highest BCUT2D eigenvalue weighted by atomic mass is 16.2. The van der Waals surface area contributed by atoms with Crippen molar-refractivity contribution in [2.45, 2.75) is 12.8 Å². The number of aryl methyl sites for hydroxylation is 2. The lowest BCUT2D eigenvalue weighted by Crippen LogP contribution is -1.91. The van der Waals surface area contributed by atoms with Gasteiger partial charge in [0.15, 0.2) is 0 Å². The SMILES string of the molecule is Cn1cc(-c2cnc(CCCO)[nH]2)c2ccccc21. The molecule has 0 fully saturated rings. The van der Waals surface area contributed by atoms with Crippen LogP contribution in [0.3, 0.4) is 0 Å². The molecule has 98 valence electrons. The van der Waals surface area contributed by atoms with Crippen molar-refractivity contribution < 1.29 is 5.11 Å². The van der Waals surface area contributed by atoms with Crippen molar-refractivity contribution in [3.05, 3.63) is 42.5 Å². The van der Waals surface area contributed by atoms with E-state index in [1.165, 1.54) is 16.5 Å². The standard InChI is InChI=1S/C15H17N3O/c1-18-10-12(11-5-2-3-6-14(11)18)13-9-16-15(17-13)7-4-8-19/h2-3,5-6,9-10,19H,4,7-8H2,1H3,(H,16,17). The van der Waals surface area contributed by atoms with Gasteiger partial charge in [0.2, 0.25) is 0 Å². The van der Waals surface area contributed by atoms with E-state index >= 15 is 0 Å². The third-order valence-corrected chi connectivity index (χ3v) is 3.39. The number of fused-ring (bicyclic) bond motifs is 1. The molecule has 0 spiro atoms. The molecule has 3 aromatic rings. The van der Waals surface area contributed by atoms with Gasteiger partial charge in [-0.1, -0.05) is 18.2 Å². The number of para-hydroxylation sites is 1. The summed E-state index contributed by atoms with van der Waals surface area (Å²) in [4.78, 5) is 7.70. The van der Waals surface area contributed by atoms with Crippen LogP contribution in [0.1, 0.15) is 12.2 Å². The fourth-order valence-electron chi connectivity index (χ4n) is 2.43. The Balaban J connectivity index is 2.02. The smallest absolute Gasteiger partial charge is 0.106 e. The lowest BCUT2D eigenvalue weighted by Gasteiger charge is -1.95. The van der Waals surface area contributed by atoms with Gasteiger partial charge in [0.1, 0.15) is 5.82 Å². The summed E-state index contributed by atoms with van der Waals surface area (Å²) >= 11 is 0. The average molecular weight is 255 g/mol. The molecule has 4 nitrogen and oxygen atoms in total. The minimum absolute atomic E-state index is 0.199. The molecule has 0 amide bonds. The second kappa shape index (κ2) is 4.90. The van der Waals surface area contributed by atoms with Gasteiger partial charge in [-0.3, -0.25) is 0 Å². The van der Waals surface area contributed by atoms with Crippen LogP contribution in [0.5, 0.6) is 0 Å². The van der Waals surface area contributed by atoms with Crippen LogP contribution < -0.4 is 0 Å². The first-order valence-corrected chi connectivity index (χ1v) is 6.49. The second-order valence-electron chi connectivity index (χ2n) is 4.74. The number of nitrogens with zero attached hydrogens (tertiary/aromatic N) is 2. The normalized spacial score (nSPS) is 11.3. The maximum Gasteiger partial charge on any atom is 0.106 e. The maximum atomic E-state index is 8.85. The topological polar surface area (TPSA) is 53.8 Å². The molecule has 0 unspecified atom stereocenters. The molecule has 0 saturated heterocycles. The number of nitrogens with one attached hydrogen (secondary N) is 1. The summed E-state index contributed by atoms with van der Waals surface area (Å²) in [7, 11) is 2.05. The first-order chi connectivity index (χ1) is 9.29. The van der Waals surface area contributed by atoms with Crippen molar-refractivity contribution >= 4 is 10.9 Å². The molecule has 2 N–H and O–H groups in total. The molecule has 4 heteroatoms. The first kappa shape index (κ1) is 12.0. The van der Waals surface area contributed by atoms with Crippen molar-refractivity contribution in [2.24, 2.45) is 7.05 Å². The van der Waals surface area contributed by atoms with Crippen molar-refractivity contribution in [3.63, 3.8) is 0 Å². The first-order valence-electron chi connectivity index (χ1n) is 6.49. The van der Waals surface area contributed by atoms with Crippen LogP contribution in [-0.2, 0) is 13.5 Å². The molecule has 19 heavy (non-hydrogen) atoms. The van der Waals surface area contributed by atoms with Crippen molar-refractivity contribution in [1.82, 2.24) is 14.5 Å². The van der Waals surface area contributed by atoms with Crippen LogP contribution in [0.15, 0.2) is 36.7 Å². The van der Waals surface area contributed by atoms with E-state index in [-0.39, 0.29) is 6.61 Å².